The second-order valence-electron chi connectivity index (χ2n) is 7.41. The molecule has 0 bridgehead atoms. The average molecular weight is 423 g/mol. The monoisotopic (exact) mass is 423 g/mol. The number of anilines is 1. The maximum absolute atomic E-state index is 12.4. The van der Waals surface area contributed by atoms with Crippen LogP contribution in [0.1, 0.15) is 21.8 Å². The fourth-order valence-corrected chi connectivity index (χ4v) is 3.57. The van der Waals surface area contributed by atoms with Crippen LogP contribution in [0.4, 0.5) is 5.69 Å². The minimum atomic E-state index is -0.164. The zero-order valence-corrected chi connectivity index (χ0v) is 17.2. The number of aromatic amines is 1. The minimum Gasteiger partial charge on any atom is -0.469 e. The van der Waals surface area contributed by atoms with E-state index in [1.54, 1.807) is 24.5 Å². The molecule has 0 aliphatic rings. The number of fused-ring (bicyclic) bond motifs is 1. The molecule has 5 rings (SSSR count). The maximum atomic E-state index is 12.4. The van der Waals surface area contributed by atoms with E-state index in [0.29, 0.717) is 22.7 Å². The quantitative estimate of drug-likeness (QED) is 0.337. The second-order valence-corrected chi connectivity index (χ2v) is 7.41. The van der Waals surface area contributed by atoms with Gasteiger partial charge >= 0.3 is 0 Å². The van der Waals surface area contributed by atoms with Crippen molar-refractivity contribution in [2.75, 3.05) is 5.32 Å². The number of benzene rings is 3. The van der Waals surface area contributed by atoms with Gasteiger partial charge in [-0.2, -0.15) is 5.10 Å². The Kier molecular flexibility index (Phi) is 5.41. The third kappa shape index (κ3) is 4.39. The Hall–Kier alpha value is -4.32. The first-order chi connectivity index (χ1) is 15.7. The van der Waals surface area contributed by atoms with Crippen molar-refractivity contribution in [2.24, 2.45) is 0 Å². The van der Waals surface area contributed by atoms with E-state index in [2.05, 4.69) is 15.5 Å². The van der Waals surface area contributed by atoms with Crippen LogP contribution in [0.15, 0.2) is 95.6 Å². The highest BCUT2D eigenvalue weighted by Gasteiger charge is 2.10. The molecule has 1 amide bonds. The summed E-state index contributed by atoms with van der Waals surface area (Å²) in [5, 5.41) is 11.5. The van der Waals surface area contributed by atoms with Gasteiger partial charge in [-0.25, -0.2) is 0 Å². The molecule has 0 aliphatic carbocycles. The number of carbonyl (C=O) groups excluding carboxylic acids is 1. The minimum absolute atomic E-state index is 0.164. The number of rotatable bonds is 7. The lowest BCUT2D eigenvalue weighted by Crippen LogP contribution is -2.11. The lowest BCUT2D eigenvalue weighted by molar-refractivity contribution is 0.102. The molecule has 6 heteroatoms. The zero-order valence-electron chi connectivity index (χ0n) is 17.2. The molecule has 5 aromatic rings. The average Bonchev–Trinajstić information content (AvgIpc) is 3.48. The molecule has 0 radical (unpaired) electrons. The molecule has 6 nitrogen and oxygen atoms in total. The summed E-state index contributed by atoms with van der Waals surface area (Å²) in [6.07, 6.45) is 3.31. The fourth-order valence-electron chi connectivity index (χ4n) is 3.57. The lowest BCUT2D eigenvalue weighted by atomic mass is 10.1. The van der Waals surface area contributed by atoms with Crippen molar-refractivity contribution in [3.63, 3.8) is 0 Å². The first-order valence-electron chi connectivity index (χ1n) is 10.4. The third-order valence-corrected chi connectivity index (χ3v) is 5.17. The summed E-state index contributed by atoms with van der Waals surface area (Å²) in [6, 6.07) is 26.1. The van der Waals surface area contributed by atoms with Crippen molar-refractivity contribution < 1.29 is 13.9 Å². The third-order valence-electron chi connectivity index (χ3n) is 5.17. The number of carbonyl (C=O) groups is 1. The molecule has 158 valence electrons. The number of hydrogen-bond donors (Lipinski definition) is 2. The summed E-state index contributed by atoms with van der Waals surface area (Å²) in [5.74, 6) is 2.09. The van der Waals surface area contributed by atoms with E-state index < -0.39 is 0 Å². The van der Waals surface area contributed by atoms with Gasteiger partial charge in [0.15, 0.2) is 0 Å². The first kappa shape index (κ1) is 19.6. The summed E-state index contributed by atoms with van der Waals surface area (Å²) < 4.78 is 11.4. The number of ether oxygens (including phenoxy) is 1. The van der Waals surface area contributed by atoms with Crippen LogP contribution in [0.3, 0.4) is 0 Å². The highest BCUT2D eigenvalue weighted by molar-refractivity contribution is 6.04. The molecule has 32 heavy (non-hydrogen) atoms. The van der Waals surface area contributed by atoms with Gasteiger partial charge < -0.3 is 14.5 Å². The van der Waals surface area contributed by atoms with E-state index in [1.165, 1.54) is 0 Å². The fraction of sp³-hybridized carbons (Fsp3) is 0.0769. The zero-order chi connectivity index (χ0) is 21.8. The van der Waals surface area contributed by atoms with Crippen molar-refractivity contribution in [3.8, 4) is 11.5 Å². The van der Waals surface area contributed by atoms with E-state index in [1.807, 2.05) is 66.7 Å². The van der Waals surface area contributed by atoms with Gasteiger partial charge in [0.1, 0.15) is 17.3 Å². The van der Waals surface area contributed by atoms with Gasteiger partial charge in [0.05, 0.1) is 11.8 Å². The molecular formula is C26H21N3O3. The van der Waals surface area contributed by atoms with Crippen LogP contribution >= 0.6 is 0 Å². The van der Waals surface area contributed by atoms with Crippen molar-refractivity contribution in [1.29, 1.82) is 0 Å². The summed E-state index contributed by atoms with van der Waals surface area (Å²) in [4.78, 5) is 12.4. The number of nitrogens with one attached hydrogen (secondary N) is 2. The Labute approximate surface area is 184 Å². The first-order valence-corrected chi connectivity index (χ1v) is 10.4. The van der Waals surface area contributed by atoms with Crippen molar-refractivity contribution in [2.45, 2.75) is 12.8 Å². The van der Waals surface area contributed by atoms with Crippen LogP contribution in [0.5, 0.6) is 11.5 Å². The van der Waals surface area contributed by atoms with Crippen LogP contribution < -0.4 is 10.1 Å². The SMILES string of the molecule is O=C(Nc1cccc(Oc2ccc3c(CCc4ccco4)[nH]nc3c2)c1)c1ccccc1. The van der Waals surface area contributed by atoms with Crippen molar-refractivity contribution >= 4 is 22.5 Å². The Morgan fingerprint density at radius 2 is 1.78 bits per heavy atom. The summed E-state index contributed by atoms with van der Waals surface area (Å²) in [5.41, 5.74) is 3.17. The lowest BCUT2D eigenvalue weighted by Gasteiger charge is -2.09. The van der Waals surface area contributed by atoms with Gasteiger partial charge in [-0.3, -0.25) is 9.89 Å². The number of aryl methyl sites for hydroxylation is 2. The molecule has 0 aliphatic heterocycles. The van der Waals surface area contributed by atoms with Crippen molar-refractivity contribution in [1.82, 2.24) is 10.2 Å². The number of H-pyrrole nitrogens is 1. The number of nitrogens with zero attached hydrogens (tertiary/aromatic N) is 1. The molecule has 0 saturated carbocycles. The van der Waals surface area contributed by atoms with Crippen LogP contribution in [0, 0.1) is 0 Å². The predicted molar refractivity (Wildman–Crippen MR) is 123 cm³/mol. The number of amides is 1. The number of hydrogen-bond acceptors (Lipinski definition) is 4. The van der Waals surface area contributed by atoms with Crippen LogP contribution in [0.2, 0.25) is 0 Å². The summed E-state index contributed by atoms with van der Waals surface area (Å²) in [6.45, 7) is 0. The van der Waals surface area contributed by atoms with Gasteiger partial charge in [0.2, 0.25) is 0 Å². The molecule has 2 aromatic heterocycles. The predicted octanol–water partition coefficient (Wildman–Crippen LogP) is 5.99. The van der Waals surface area contributed by atoms with E-state index in [-0.39, 0.29) is 5.91 Å². The topological polar surface area (TPSA) is 80.1 Å². The van der Waals surface area contributed by atoms with Crippen molar-refractivity contribution in [3.05, 3.63) is 108 Å². The molecule has 0 saturated heterocycles. The van der Waals surface area contributed by atoms with Gasteiger partial charge in [-0.15, -0.1) is 0 Å². The molecule has 3 aromatic carbocycles. The van der Waals surface area contributed by atoms with Gasteiger partial charge in [0.25, 0.3) is 5.91 Å². The summed E-state index contributed by atoms with van der Waals surface area (Å²) >= 11 is 0. The highest BCUT2D eigenvalue weighted by atomic mass is 16.5. The molecule has 2 heterocycles. The number of furan rings is 1. The molecule has 2 N–H and O–H groups in total. The molecule has 0 spiro atoms. The maximum Gasteiger partial charge on any atom is 0.255 e. The van der Waals surface area contributed by atoms with Crippen LogP contribution in [-0.2, 0) is 12.8 Å². The van der Waals surface area contributed by atoms with E-state index in [0.717, 1.165) is 35.2 Å². The molecule has 0 atom stereocenters. The van der Waals surface area contributed by atoms with E-state index in [9.17, 15) is 4.79 Å². The Morgan fingerprint density at radius 1 is 0.906 bits per heavy atom. The Morgan fingerprint density at radius 3 is 2.62 bits per heavy atom. The molecular weight excluding hydrogens is 402 g/mol. The van der Waals surface area contributed by atoms with E-state index >= 15 is 0 Å². The number of aromatic nitrogens is 2. The van der Waals surface area contributed by atoms with Gasteiger partial charge in [-0.1, -0.05) is 24.3 Å². The Balaban J connectivity index is 1.28. The molecule has 0 unspecified atom stereocenters. The van der Waals surface area contributed by atoms with Gasteiger partial charge in [-0.05, 0) is 55.0 Å². The standard InChI is InChI=1S/C26H21N3O3/c30-26(18-6-2-1-3-7-18)27-19-8-4-9-21(16-19)32-22-11-13-23-24(28-29-25(23)17-22)14-12-20-10-5-15-31-20/h1-11,13,15-17H,12,14H2,(H,27,30)(H,28,29). The highest BCUT2D eigenvalue weighted by Crippen LogP contribution is 2.28. The largest absolute Gasteiger partial charge is 0.469 e. The normalized spacial score (nSPS) is 10.9. The Bertz CT molecular complexity index is 1340. The smallest absolute Gasteiger partial charge is 0.255 e. The van der Waals surface area contributed by atoms with E-state index in [4.69, 9.17) is 9.15 Å². The van der Waals surface area contributed by atoms with Crippen LogP contribution in [-0.4, -0.2) is 16.1 Å². The summed E-state index contributed by atoms with van der Waals surface area (Å²) in [7, 11) is 0. The second kappa shape index (κ2) is 8.81. The van der Waals surface area contributed by atoms with Crippen LogP contribution in [0.25, 0.3) is 10.9 Å². The molecule has 0 fully saturated rings. The van der Waals surface area contributed by atoms with Gasteiger partial charge in [0, 0.05) is 40.9 Å².